The number of carboxylic acids is 1. The summed E-state index contributed by atoms with van der Waals surface area (Å²) in [5.74, 6) is -3.14. The van der Waals surface area contributed by atoms with E-state index in [0.29, 0.717) is 0 Å². The number of aliphatic hydroxyl groups is 2. The summed E-state index contributed by atoms with van der Waals surface area (Å²) in [5, 5.41) is 26.9. The third-order valence-electron chi connectivity index (χ3n) is 0.864. The average Bonchev–Trinajstić information content (AvgIpc) is 2.00. The Kier molecular flexibility index (Phi) is 9.88. The van der Waals surface area contributed by atoms with Crippen LogP contribution in [0.3, 0.4) is 0 Å². The van der Waals surface area contributed by atoms with Crippen LogP contribution in [-0.2, 0) is 33.2 Å². The van der Waals surface area contributed by atoms with Crippen LogP contribution in [0.25, 0.3) is 0 Å². The van der Waals surface area contributed by atoms with Gasteiger partial charge in [0, 0.05) is 0 Å². The first-order valence-corrected chi connectivity index (χ1v) is 3.23. The van der Waals surface area contributed by atoms with E-state index in [0.717, 1.165) is 20.2 Å². The van der Waals surface area contributed by atoms with Gasteiger partial charge in [-0.2, -0.15) is 0 Å². The molecule has 63 valence electrons. The van der Waals surface area contributed by atoms with Crippen LogP contribution in [0.5, 0.6) is 0 Å². The molecule has 0 aromatic heterocycles. The van der Waals surface area contributed by atoms with Crippen LogP contribution in [0.1, 0.15) is 0 Å². The number of carboxylic acid groups (broad SMARTS) is 1. The maximum atomic E-state index is 10.3. The van der Waals surface area contributed by atoms with Crippen molar-refractivity contribution in [3.63, 3.8) is 0 Å². The second-order valence-corrected chi connectivity index (χ2v) is 2.02. The maximum Gasteiger partial charge on any atom is 1.00 e. The van der Waals surface area contributed by atoms with Gasteiger partial charge in [0.25, 0.3) is 0 Å². The van der Waals surface area contributed by atoms with E-state index < -0.39 is 24.1 Å². The molecule has 0 aliphatic carbocycles. The Balaban J connectivity index is 0. The average molecular weight is 283 g/mol. The Labute approximate surface area is 122 Å². The summed E-state index contributed by atoms with van der Waals surface area (Å²) >= 11 is 0.885. The third kappa shape index (κ3) is 5.03. The van der Waals surface area contributed by atoms with Gasteiger partial charge < -0.3 is 0 Å². The van der Waals surface area contributed by atoms with Crippen molar-refractivity contribution < 1.29 is 99.9 Å². The Morgan fingerprint density at radius 2 is 1.75 bits per heavy atom. The van der Waals surface area contributed by atoms with Crippen molar-refractivity contribution in [2.75, 3.05) is 0 Å². The Morgan fingerprint density at radius 1 is 1.33 bits per heavy atom. The third-order valence-corrected chi connectivity index (χ3v) is 1.27. The van der Waals surface area contributed by atoms with Crippen LogP contribution in [0.15, 0.2) is 0 Å². The van der Waals surface area contributed by atoms with Crippen molar-refractivity contribution in [2.24, 2.45) is 0 Å². The summed E-state index contributed by atoms with van der Waals surface area (Å²) in [5.41, 5.74) is 0. The van der Waals surface area contributed by atoms with Gasteiger partial charge in [-0.25, -0.2) is 0 Å². The van der Waals surface area contributed by atoms with E-state index in [-0.39, 0.29) is 51.4 Å². The SMILES string of the molecule is O=C([O-])C(O)C(O)C(=O)[O][Mo].[K+]. The molecular weight excluding hydrogens is 279 g/mol. The second-order valence-electron chi connectivity index (χ2n) is 1.61. The molecule has 0 rings (SSSR count). The predicted octanol–water partition coefficient (Wildman–Crippen LogP) is -6.53. The van der Waals surface area contributed by atoms with Crippen molar-refractivity contribution in [1.82, 2.24) is 0 Å². The first-order valence-electron chi connectivity index (χ1n) is 2.41. The molecule has 0 bridgehead atoms. The minimum Gasteiger partial charge on any atom is 1.00 e. The van der Waals surface area contributed by atoms with E-state index in [2.05, 4.69) is 3.39 Å². The molecule has 0 radical (unpaired) electrons. The first-order chi connectivity index (χ1) is 5.00. The van der Waals surface area contributed by atoms with Gasteiger partial charge in [0.1, 0.15) is 0 Å². The van der Waals surface area contributed by atoms with Gasteiger partial charge in [0.2, 0.25) is 0 Å². The van der Waals surface area contributed by atoms with E-state index in [9.17, 15) is 14.7 Å². The van der Waals surface area contributed by atoms with E-state index in [1.165, 1.54) is 0 Å². The zero-order valence-electron chi connectivity index (χ0n) is 6.09. The number of aliphatic carboxylic acids is 1. The molecule has 12 heavy (non-hydrogen) atoms. The molecule has 2 N–H and O–H groups in total. The first kappa shape index (κ1) is 15.6. The molecule has 0 aliphatic rings. The Hall–Kier alpha value is 1.18. The van der Waals surface area contributed by atoms with Crippen LogP contribution in [-0.4, -0.2) is 34.4 Å². The predicted molar refractivity (Wildman–Crippen MR) is 23.1 cm³/mol. The molecule has 6 nitrogen and oxygen atoms in total. The molecule has 0 fully saturated rings. The molecule has 0 amide bonds. The van der Waals surface area contributed by atoms with Crippen LogP contribution < -0.4 is 56.5 Å². The Bertz CT molecular complexity index is 173. The number of hydrogen-bond donors (Lipinski definition) is 2. The number of rotatable bonds is 3. The van der Waals surface area contributed by atoms with Gasteiger partial charge in [0.05, 0.1) is 0 Å². The van der Waals surface area contributed by atoms with E-state index in [1.807, 2.05) is 0 Å². The van der Waals surface area contributed by atoms with Crippen molar-refractivity contribution in [1.29, 1.82) is 0 Å². The van der Waals surface area contributed by atoms with Crippen LogP contribution in [0, 0.1) is 0 Å². The fourth-order valence-corrected chi connectivity index (χ4v) is 0.549. The smallest absolute Gasteiger partial charge is 1.00 e. The molecule has 2 unspecified atom stereocenters. The molecule has 0 heterocycles. The van der Waals surface area contributed by atoms with Crippen molar-refractivity contribution >= 4 is 11.9 Å². The standard InChI is InChI=1S/C4H6O6.K.Mo/c5-1(3(7)8)2(6)4(9)10;;/h1-2,5-6H,(H,7,8)(H,9,10);;/q;2*+1/p-2. The largest absolute Gasteiger partial charge is 1.00 e. The zero-order valence-corrected chi connectivity index (χ0v) is 11.2. The van der Waals surface area contributed by atoms with Gasteiger partial charge in [-0.15, -0.1) is 0 Å². The van der Waals surface area contributed by atoms with Crippen LogP contribution >= 0.6 is 0 Å². The zero-order chi connectivity index (χ0) is 9.02. The quantitative estimate of drug-likeness (QED) is 0.499. The van der Waals surface area contributed by atoms with E-state index >= 15 is 0 Å². The molecule has 0 aliphatic heterocycles. The number of aliphatic hydroxyl groups excluding tert-OH is 2. The molecular formula is C4H4KMoO6. The molecule has 2 atom stereocenters. The van der Waals surface area contributed by atoms with Crippen molar-refractivity contribution in [2.45, 2.75) is 12.2 Å². The molecule has 8 heteroatoms. The topological polar surface area (TPSA) is 107 Å². The van der Waals surface area contributed by atoms with E-state index in [1.54, 1.807) is 0 Å². The monoisotopic (exact) mass is 285 g/mol. The summed E-state index contributed by atoms with van der Waals surface area (Å²) in [7, 11) is 0. The molecule has 0 saturated heterocycles. The number of carbonyl (C=O) groups excluding carboxylic acids is 2. The second kappa shape index (κ2) is 7.58. The fraction of sp³-hybridized carbons (Fsp3) is 0.500. The molecule has 0 spiro atoms. The van der Waals surface area contributed by atoms with Gasteiger partial charge in [0.15, 0.2) is 0 Å². The summed E-state index contributed by atoms with van der Waals surface area (Å²) < 4.78 is 3.95. The van der Waals surface area contributed by atoms with Crippen molar-refractivity contribution in [3.05, 3.63) is 0 Å². The Morgan fingerprint density at radius 3 is 2.00 bits per heavy atom. The summed E-state index contributed by atoms with van der Waals surface area (Å²) in [6.45, 7) is 0. The van der Waals surface area contributed by atoms with E-state index in [4.69, 9.17) is 10.2 Å². The van der Waals surface area contributed by atoms with Gasteiger partial charge in [-0.05, 0) is 0 Å². The minimum absolute atomic E-state index is 0. The summed E-state index contributed by atoms with van der Waals surface area (Å²) in [4.78, 5) is 20.2. The van der Waals surface area contributed by atoms with Crippen LogP contribution in [0.2, 0.25) is 0 Å². The normalized spacial score (nSPS) is 13.8. The summed E-state index contributed by atoms with van der Waals surface area (Å²) in [6.07, 6.45) is -4.34. The van der Waals surface area contributed by atoms with Gasteiger partial charge in [-0.1, -0.05) is 0 Å². The molecule has 0 aromatic rings. The minimum atomic E-state index is -2.25. The summed E-state index contributed by atoms with van der Waals surface area (Å²) in [6, 6.07) is 0. The van der Waals surface area contributed by atoms with Gasteiger partial charge >= 0.3 is 124 Å². The molecule has 0 saturated carbocycles. The van der Waals surface area contributed by atoms with Gasteiger partial charge in [-0.3, -0.25) is 0 Å². The maximum absolute atomic E-state index is 10.3. The molecule has 0 aromatic carbocycles. The van der Waals surface area contributed by atoms with Crippen molar-refractivity contribution in [3.8, 4) is 0 Å². The number of carbonyl (C=O) groups is 2. The number of hydrogen-bond acceptors (Lipinski definition) is 6. The van der Waals surface area contributed by atoms with Crippen LogP contribution in [0.4, 0.5) is 0 Å². The fourth-order valence-electron chi connectivity index (χ4n) is 0.307.